The van der Waals surface area contributed by atoms with Crippen molar-refractivity contribution in [1.82, 2.24) is 19.9 Å². The van der Waals surface area contributed by atoms with Crippen LogP contribution in [0.25, 0.3) is 22.4 Å². The van der Waals surface area contributed by atoms with Gasteiger partial charge in [-0.25, -0.2) is 19.3 Å². The maximum absolute atomic E-state index is 14.4. The smallest absolute Gasteiger partial charge is 0.183 e. The van der Waals surface area contributed by atoms with Gasteiger partial charge in [0.05, 0.1) is 17.8 Å². The molecule has 0 saturated heterocycles. The number of pyridine rings is 1. The quantitative estimate of drug-likeness (QED) is 0.590. The SMILES string of the molecule is C=C1CCC[C@H](Nc2nc(-c3c[nH]c4ncc(Cl)cc34)ncc2F)[C@@H]1CO. The van der Waals surface area contributed by atoms with E-state index in [1.165, 1.54) is 0 Å². The Kier molecular flexibility index (Phi) is 4.80. The second-order valence-electron chi connectivity index (χ2n) is 6.73. The van der Waals surface area contributed by atoms with Crippen LogP contribution in [-0.2, 0) is 0 Å². The molecular weight excluding hydrogens is 369 g/mol. The van der Waals surface area contributed by atoms with Gasteiger partial charge in [-0.3, -0.25) is 0 Å². The number of hydrogen-bond donors (Lipinski definition) is 3. The first-order valence-electron chi connectivity index (χ1n) is 8.77. The van der Waals surface area contributed by atoms with E-state index in [-0.39, 0.29) is 24.4 Å². The average molecular weight is 388 g/mol. The Labute approximate surface area is 160 Å². The van der Waals surface area contributed by atoms with Crippen molar-refractivity contribution in [3.8, 4) is 11.4 Å². The topological polar surface area (TPSA) is 86.7 Å². The molecule has 0 bridgehead atoms. The van der Waals surface area contributed by atoms with Crippen LogP contribution in [0.4, 0.5) is 10.2 Å². The highest BCUT2D eigenvalue weighted by molar-refractivity contribution is 6.31. The zero-order chi connectivity index (χ0) is 19.0. The van der Waals surface area contributed by atoms with Gasteiger partial charge in [0.2, 0.25) is 0 Å². The highest BCUT2D eigenvalue weighted by atomic mass is 35.5. The Hall–Kier alpha value is -2.51. The number of halogens is 2. The summed E-state index contributed by atoms with van der Waals surface area (Å²) in [6, 6.07) is 1.65. The Morgan fingerprint density at radius 3 is 3.04 bits per heavy atom. The zero-order valence-corrected chi connectivity index (χ0v) is 15.3. The van der Waals surface area contributed by atoms with E-state index in [1.807, 2.05) is 0 Å². The molecule has 4 rings (SSSR count). The van der Waals surface area contributed by atoms with Crippen LogP contribution in [0.3, 0.4) is 0 Å². The highest BCUT2D eigenvalue weighted by Crippen LogP contribution is 2.32. The molecule has 0 aromatic carbocycles. The molecule has 0 unspecified atom stereocenters. The lowest BCUT2D eigenvalue weighted by Crippen LogP contribution is -2.36. The number of aliphatic hydroxyl groups excluding tert-OH is 1. The van der Waals surface area contributed by atoms with Gasteiger partial charge in [0.15, 0.2) is 17.5 Å². The first-order valence-corrected chi connectivity index (χ1v) is 9.15. The number of anilines is 1. The van der Waals surface area contributed by atoms with E-state index in [1.54, 1.807) is 18.5 Å². The third kappa shape index (κ3) is 3.40. The predicted octanol–water partition coefficient (Wildman–Crippen LogP) is 3.94. The molecule has 1 aliphatic carbocycles. The molecule has 1 aliphatic rings. The highest BCUT2D eigenvalue weighted by Gasteiger charge is 2.28. The minimum absolute atomic E-state index is 0.0251. The Morgan fingerprint density at radius 2 is 2.22 bits per heavy atom. The summed E-state index contributed by atoms with van der Waals surface area (Å²) in [4.78, 5) is 15.8. The summed E-state index contributed by atoms with van der Waals surface area (Å²) in [5.41, 5.74) is 2.32. The van der Waals surface area contributed by atoms with Crippen molar-refractivity contribution in [2.75, 3.05) is 11.9 Å². The van der Waals surface area contributed by atoms with Crippen LogP contribution < -0.4 is 5.32 Å². The summed E-state index contributed by atoms with van der Waals surface area (Å²) >= 11 is 6.04. The zero-order valence-electron chi connectivity index (χ0n) is 14.5. The van der Waals surface area contributed by atoms with Crippen LogP contribution in [0.5, 0.6) is 0 Å². The molecule has 3 aromatic heterocycles. The largest absolute Gasteiger partial charge is 0.396 e. The summed E-state index contributed by atoms with van der Waals surface area (Å²) in [6.45, 7) is 4.01. The normalized spacial score (nSPS) is 20.2. The van der Waals surface area contributed by atoms with Gasteiger partial charge < -0.3 is 15.4 Å². The van der Waals surface area contributed by atoms with Crippen molar-refractivity contribution in [2.24, 2.45) is 5.92 Å². The first-order chi connectivity index (χ1) is 13.1. The molecule has 3 aromatic rings. The van der Waals surface area contributed by atoms with Crippen molar-refractivity contribution in [3.05, 3.63) is 47.6 Å². The molecule has 27 heavy (non-hydrogen) atoms. The van der Waals surface area contributed by atoms with Crippen molar-refractivity contribution in [3.63, 3.8) is 0 Å². The summed E-state index contributed by atoms with van der Waals surface area (Å²) < 4.78 is 14.4. The van der Waals surface area contributed by atoms with Crippen molar-refractivity contribution in [2.45, 2.75) is 25.3 Å². The van der Waals surface area contributed by atoms with Gasteiger partial charge in [-0.15, -0.1) is 0 Å². The Morgan fingerprint density at radius 1 is 1.37 bits per heavy atom. The first kappa shape index (κ1) is 17.9. The Balaban J connectivity index is 1.69. The number of hydrogen-bond acceptors (Lipinski definition) is 5. The van der Waals surface area contributed by atoms with Gasteiger partial charge in [-0.1, -0.05) is 23.8 Å². The minimum atomic E-state index is -0.539. The number of H-pyrrole nitrogens is 1. The van der Waals surface area contributed by atoms with Crippen LogP contribution >= 0.6 is 11.6 Å². The van der Waals surface area contributed by atoms with Gasteiger partial charge >= 0.3 is 0 Å². The molecule has 8 heteroatoms. The summed E-state index contributed by atoms with van der Waals surface area (Å²) in [6.07, 6.45) is 7.06. The number of nitrogens with one attached hydrogen (secondary N) is 2. The van der Waals surface area contributed by atoms with Crippen LogP contribution in [-0.4, -0.2) is 37.7 Å². The fourth-order valence-corrected chi connectivity index (χ4v) is 3.74. The lowest BCUT2D eigenvalue weighted by molar-refractivity contribution is 0.214. The van der Waals surface area contributed by atoms with Gasteiger partial charge in [0, 0.05) is 35.3 Å². The third-order valence-corrected chi connectivity index (χ3v) is 5.23. The lowest BCUT2D eigenvalue weighted by Gasteiger charge is -2.33. The van der Waals surface area contributed by atoms with Crippen LogP contribution in [0.1, 0.15) is 19.3 Å². The summed E-state index contributed by atoms with van der Waals surface area (Å²) in [7, 11) is 0. The fourth-order valence-electron chi connectivity index (χ4n) is 3.59. The molecule has 0 radical (unpaired) electrons. The Bertz CT molecular complexity index is 1000. The average Bonchev–Trinajstić information content (AvgIpc) is 3.07. The molecular formula is C19H19ClFN5O. The molecule has 0 spiro atoms. The predicted molar refractivity (Wildman–Crippen MR) is 103 cm³/mol. The van der Waals surface area contributed by atoms with E-state index >= 15 is 0 Å². The molecule has 6 nitrogen and oxygen atoms in total. The van der Waals surface area contributed by atoms with Crippen LogP contribution in [0.2, 0.25) is 5.02 Å². The number of fused-ring (bicyclic) bond motifs is 1. The van der Waals surface area contributed by atoms with Crippen molar-refractivity contribution >= 4 is 28.5 Å². The molecule has 1 fully saturated rings. The molecule has 1 saturated carbocycles. The fraction of sp³-hybridized carbons (Fsp3) is 0.316. The standard InChI is InChI=1S/C19H19ClFN5O/c1-10-3-2-4-16(14(10)9-27)25-19-15(21)8-24-18(26-19)13-7-23-17-12(13)5-11(20)6-22-17/h5-8,14,16,27H,1-4,9H2,(H,22,23)(H,24,25,26)/t14-,16+/m1/s1. The van der Waals surface area contributed by atoms with Gasteiger partial charge in [0.1, 0.15) is 5.65 Å². The second kappa shape index (κ2) is 7.25. The minimum Gasteiger partial charge on any atom is -0.396 e. The van der Waals surface area contributed by atoms with Gasteiger partial charge in [0.25, 0.3) is 0 Å². The van der Waals surface area contributed by atoms with Gasteiger partial charge in [-0.05, 0) is 25.3 Å². The maximum atomic E-state index is 14.4. The van der Waals surface area contributed by atoms with Crippen LogP contribution in [0, 0.1) is 11.7 Å². The maximum Gasteiger partial charge on any atom is 0.183 e. The van der Waals surface area contributed by atoms with E-state index in [0.717, 1.165) is 36.4 Å². The molecule has 3 heterocycles. The lowest BCUT2D eigenvalue weighted by atomic mass is 9.81. The number of aromatic amines is 1. The van der Waals surface area contributed by atoms with E-state index in [9.17, 15) is 9.50 Å². The summed E-state index contributed by atoms with van der Waals surface area (Å²) in [5, 5.41) is 14.1. The number of aliphatic hydroxyl groups is 1. The van der Waals surface area contributed by atoms with E-state index in [4.69, 9.17) is 11.6 Å². The van der Waals surface area contributed by atoms with E-state index < -0.39 is 5.82 Å². The molecule has 2 atom stereocenters. The number of aromatic nitrogens is 4. The third-order valence-electron chi connectivity index (χ3n) is 5.02. The monoisotopic (exact) mass is 387 g/mol. The number of rotatable bonds is 4. The van der Waals surface area contributed by atoms with E-state index in [2.05, 4.69) is 31.8 Å². The molecule has 3 N–H and O–H groups in total. The molecule has 140 valence electrons. The van der Waals surface area contributed by atoms with Crippen molar-refractivity contribution < 1.29 is 9.50 Å². The van der Waals surface area contributed by atoms with Crippen molar-refractivity contribution in [1.29, 1.82) is 0 Å². The van der Waals surface area contributed by atoms with E-state index in [0.29, 0.717) is 22.1 Å². The second-order valence-corrected chi connectivity index (χ2v) is 7.17. The molecule has 0 aliphatic heterocycles. The summed E-state index contributed by atoms with van der Waals surface area (Å²) in [5.74, 6) is -0.179. The van der Waals surface area contributed by atoms with Crippen LogP contribution in [0.15, 0.2) is 36.8 Å². The molecule has 0 amide bonds. The number of nitrogens with zero attached hydrogens (tertiary/aromatic N) is 3. The van der Waals surface area contributed by atoms with Gasteiger partial charge in [-0.2, -0.15) is 0 Å².